The Kier molecular flexibility index (Phi) is 1.17. The number of ether oxygens (including phenoxy) is 1. The number of hydrogen-bond donors (Lipinski definition) is 1. The number of hydrogen-bond acceptors (Lipinski definition) is 3. The van der Waals surface area contributed by atoms with E-state index >= 15 is 0 Å². The summed E-state index contributed by atoms with van der Waals surface area (Å²) >= 11 is 0. The van der Waals surface area contributed by atoms with Crippen molar-refractivity contribution < 1.29 is 9.94 Å². The minimum absolute atomic E-state index is 0.566. The van der Waals surface area contributed by atoms with Crippen LogP contribution in [0, 0.1) is 0 Å². The van der Waals surface area contributed by atoms with Gasteiger partial charge >= 0.3 is 0 Å². The minimum Gasteiger partial charge on any atom is -0.498 e. The lowest BCUT2D eigenvalue weighted by atomic mass is 10.6. The fraction of sp³-hybridized carbons (Fsp3) is 0.500. The maximum absolute atomic E-state index is 8.58. The molecule has 0 atom stereocenters. The Balaban J connectivity index is 2.36. The quantitative estimate of drug-likeness (QED) is 0.472. The monoisotopic (exact) mass is 101 g/mol. The molecular formula is C4H7NO2. The van der Waals surface area contributed by atoms with Crippen LogP contribution in [0.15, 0.2) is 12.5 Å². The summed E-state index contributed by atoms with van der Waals surface area (Å²) in [6.45, 7) is 1.14. The normalized spacial score (nSPS) is 19.3. The van der Waals surface area contributed by atoms with Crippen molar-refractivity contribution in [2.45, 2.75) is 0 Å². The Morgan fingerprint density at radius 3 is 2.86 bits per heavy atom. The van der Waals surface area contributed by atoms with Crippen LogP contribution >= 0.6 is 0 Å². The van der Waals surface area contributed by atoms with Crippen LogP contribution in [0.5, 0.6) is 0 Å². The van der Waals surface area contributed by atoms with E-state index < -0.39 is 0 Å². The van der Waals surface area contributed by atoms with Gasteiger partial charge in [0.15, 0.2) is 0 Å². The topological polar surface area (TPSA) is 32.7 Å². The summed E-state index contributed by atoms with van der Waals surface area (Å²) < 4.78 is 4.76. The zero-order valence-corrected chi connectivity index (χ0v) is 3.87. The molecule has 0 aromatic heterocycles. The molecule has 0 bridgehead atoms. The predicted molar refractivity (Wildman–Crippen MR) is 23.6 cm³/mol. The van der Waals surface area contributed by atoms with Crippen molar-refractivity contribution in [1.29, 1.82) is 0 Å². The van der Waals surface area contributed by atoms with Gasteiger partial charge < -0.3 is 4.74 Å². The second-order valence-electron chi connectivity index (χ2n) is 1.32. The van der Waals surface area contributed by atoms with Gasteiger partial charge in [-0.3, -0.25) is 10.3 Å². The summed E-state index contributed by atoms with van der Waals surface area (Å²) in [6.07, 6.45) is 2.94. The van der Waals surface area contributed by atoms with Crippen LogP contribution in [0.2, 0.25) is 0 Å². The molecule has 1 aliphatic rings. The Bertz CT molecular complexity index is 81.8. The zero-order valence-electron chi connectivity index (χ0n) is 3.87. The van der Waals surface area contributed by atoms with Crippen LogP contribution in [-0.4, -0.2) is 23.4 Å². The van der Waals surface area contributed by atoms with E-state index in [4.69, 9.17) is 9.94 Å². The van der Waals surface area contributed by atoms with Gasteiger partial charge in [-0.2, -0.15) is 0 Å². The molecule has 0 unspecified atom stereocenters. The van der Waals surface area contributed by atoms with Gasteiger partial charge in [0.25, 0.3) is 0 Å². The molecule has 1 aliphatic heterocycles. The second-order valence-corrected chi connectivity index (χ2v) is 1.32. The van der Waals surface area contributed by atoms with Crippen LogP contribution in [-0.2, 0) is 4.74 Å². The summed E-state index contributed by atoms with van der Waals surface area (Å²) in [7, 11) is 0. The Labute approximate surface area is 41.8 Å². The molecule has 0 aromatic carbocycles. The summed E-state index contributed by atoms with van der Waals surface area (Å²) in [5.41, 5.74) is 0. The van der Waals surface area contributed by atoms with E-state index in [0.717, 1.165) is 5.06 Å². The Hall–Kier alpha value is -0.700. The lowest BCUT2D eigenvalue weighted by Crippen LogP contribution is -2.20. The van der Waals surface area contributed by atoms with E-state index in [0.29, 0.717) is 13.2 Å². The highest BCUT2D eigenvalue weighted by molar-refractivity contribution is 4.73. The van der Waals surface area contributed by atoms with Crippen molar-refractivity contribution in [3.05, 3.63) is 12.5 Å². The fourth-order valence-electron chi connectivity index (χ4n) is 0.402. The van der Waals surface area contributed by atoms with Crippen LogP contribution in [0.4, 0.5) is 0 Å². The maximum Gasteiger partial charge on any atom is 0.107 e. The molecule has 0 amide bonds. The van der Waals surface area contributed by atoms with E-state index in [2.05, 4.69) is 0 Å². The average molecular weight is 101 g/mol. The van der Waals surface area contributed by atoms with Gasteiger partial charge in [-0.15, -0.1) is 0 Å². The van der Waals surface area contributed by atoms with Crippen molar-refractivity contribution in [3.63, 3.8) is 0 Å². The zero-order chi connectivity index (χ0) is 5.11. The molecule has 1 rings (SSSR count). The number of hydroxylamine groups is 2. The molecule has 0 saturated carbocycles. The minimum atomic E-state index is 0.566. The average Bonchev–Trinajstić information content (AvgIpc) is 1.69. The maximum atomic E-state index is 8.58. The van der Waals surface area contributed by atoms with Gasteiger partial charge in [-0.1, -0.05) is 0 Å². The van der Waals surface area contributed by atoms with Gasteiger partial charge in [0.1, 0.15) is 12.9 Å². The molecule has 1 N–H and O–H groups in total. The van der Waals surface area contributed by atoms with Gasteiger partial charge in [0.2, 0.25) is 0 Å². The highest BCUT2D eigenvalue weighted by Gasteiger charge is 1.95. The van der Waals surface area contributed by atoms with Gasteiger partial charge in [-0.25, -0.2) is 0 Å². The molecule has 1 heterocycles. The van der Waals surface area contributed by atoms with Gasteiger partial charge in [0.05, 0.1) is 12.7 Å². The molecule has 3 heteroatoms. The molecule has 40 valence electrons. The molecule has 7 heavy (non-hydrogen) atoms. The Morgan fingerprint density at radius 1 is 1.71 bits per heavy atom. The van der Waals surface area contributed by atoms with Crippen LogP contribution < -0.4 is 0 Å². The van der Waals surface area contributed by atoms with Crippen molar-refractivity contribution >= 4 is 0 Å². The van der Waals surface area contributed by atoms with E-state index in [1.807, 2.05) is 0 Å². The van der Waals surface area contributed by atoms with Crippen LogP contribution in [0.3, 0.4) is 0 Å². The highest BCUT2D eigenvalue weighted by Crippen LogP contribution is 1.91. The molecule has 0 fully saturated rings. The van der Waals surface area contributed by atoms with Crippen molar-refractivity contribution in [1.82, 2.24) is 5.06 Å². The SMILES string of the molecule is ON1C=COCC1. The standard InChI is InChI=1S/C4H7NO2/c6-5-1-3-7-4-2-5/h1,3,6H,2,4H2. The van der Waals surface area contributed by atoms with E-state index in [9.17, 15) is 0 Å². The van der Waals surface area contributed by atoms with E-state index in [1.54, 1.807) is 0 Å². The molecule has 0 aromatic rings. The largest absolute Gasteiger partial charge is 0.498 e. The lowest BCUT2D eigenvalue weighted by molar-refractivity contribution is -0.0667. The third-order valence-corrected chi connectivity index (χ3v) is 0.767. The number of nitrogens with zero attached hydrogens (tertiary/aromatic N) is 1. The smallest absolute Gasteiger partial charge is 0.107 e. The summed E-state index contributed by atoms with van der Waals surface area (Å²) in [5, 5.41) is 9.66. The Morgan fingerprint density at radius 2 is 2.57 bits per heavy atom. The molecular weight excluding hydrogens is 94.0 g/mol. The van der Waals surface area contributed by atoms with Crippen LogP contribution in [0.1, 0.15) is 0 Å². The first-order chi connectivity index (χ1) is 3.39. The van der Waals surface area contributed by atoms with Crippen molar-refractivity contribution in [2.75, 3.05) is 13.2 Å². The van der Waals surface area contributed by atoms with E-state index in [1.165, 1.54) is 12.5 Å². The summed E-state index contributed by atoms with van der Waals surface area (Å²) in [4.78, 5) is 0. The van der Waals surface area contributed by atoms with Gasteiger partial charge in [-0.05, 0) is 0 Å². The third kappa shape index (κ3) is 1.08. The van der Waals surface area contributed by atoms with E-state index in [-0.39, 0.29) is 0 Å². The molecule has 0 spiro atoms. The van der Waals surface area contributed by atoms with Crippen LogP contribution in [0.25, 0.3) is 0 Å². The predicted octanol–water partition coefficient (Wildman–Crippen LogP) is 0.179. The van der Waals surface area contributed by atoms with Crippen molar-refractivity contribution in [3.8, 4) is 0 Å². The van der Waals surface area contributed by atoms with Gasteiger partial charge in [0, 0.05) is 0 Å². The first-order valence-corrected chi connectivity index (χ1v) is 2.13. The molecule has 0 radical (unpaired) electrons. The molecule has 0 saturated heterocycles. The van der Waals surface area contributed by atoms with Crippen molar-refractivity contribution in [2.24, 2.45) is 0 Å². The fourth-order valence-corrected chi connectivity index (χ4v) is 0.402. The summed E-state index contributed by atoms with van der Waals surface area (Å²) in [6, 6.07) is 0. The molecule has 3 nitrogen and oxygen atoms in total. The highest BCUT2D eigenvalue weighted by atomic mass is 16.5. The first kappa shape index (κ1) is 4.46. The lowest BCUT2D eigenvalue weighted by Gasteiger charge is -2.14. The third-order valence-electron chi connectivity index (χ3n) is 0.767. The first-order valence-electron chi connectivity index (χ1n) is 2.13. The second kappa shape index (κ2) is 1.84. The summed E-state index contributed by atoms with van der Waals surface area (Å²) in [5.74, 6) is 0. The number of rotatable bonds is 0. The molecule has 0 aliphatic carbocycles.